The van der Waals surface area contributed by atoms with Crippen LogP contribution in [-0.2, 0) is 17.8 Å². The molecule has 0 unspecified atom stereocenters. The number of nitrogens with zero attached hydrogens (tertiary/aromatic N) is 3. The van der Waals surface area contributed by atoms with Crippen LogP contribution in [0, 0.1) is 0 Å². The molecule has 0 radical (unpaired) electrons. The lowest BCUT2D eigenvalue weighted by Crippen LogP contribution is -2.25. The Labute approximate surface area is 160 Å². The van der Waals surface area contributed by atoms with Gasteiger partial charge in [-0.25, -0.2) is 9.97 Å². The maximum atomic E-state index is 12.4. The van der Waals surface area contributed by atoms with Crippen molar-refractivity contribution in [2.75, 3.05) is 7.05 Å². The summed E-state index contributed by atoms with van der Waals surface area (Å²) in [7, 11) is 1.85. The number of thiazole rings is 2. The van der Waals surface area contributed by atoms with Crippen molar-refractivity contribution < 1.29 is 4.79 Å². The summed E-state index contributed by atoms with van der Waals surface area (Å²) in [6.45, 7) is 0.569. The second-order valence-corrected chi connectivity index (χ2v) is 8.48. The predicted octanol–water partition coefficient (Wildman–Crippen LogP) is 4.89. The number of para-hydroxylation sites is 2. The molecule has 0 atom stereocenters. The van der Waals surface area contributed by atoms with E-state index >= 15 is 0 Å². The zero-order chi connectivity index (χ0) is 17.9. The van der Waals surface area contributed by atoms with E-state index < -0.39 is 0 Å². The number of rotatable bonds is 6. The summed E-state index contributed by atoms with van der Waals surface area (Å²) < 4.78 is 2.38. The second-order valence-electron chi connectivity index (χ2n) is 6.25. The zero-order valence-electron chi connectivity index (χ0n) is 14.5. The Morgan fingerprint density at radius 3 is 2.15 bits per heavy atom. The van der Waals surface area contributed by atoms with Crippen LogP contribution in [-0.4, -0.2) is 27.8 Å². The van der Waals surface area contributed by atoms with Gasteiger partial charge in [0.2, 0.25) is 5.91 Å². The summed E-state index contributed by atoms with van der Waals surface area (Å²) in [6.07, 6.45) is 2.21. The average Bonchev–Trinajstić information content (AvgIpc) is 3.24. The normalized spacial score (nSPS) is 11.3. The van der Waals surface area contributed by atoms with Gasteiger partial charge in [0, 0.05) is 13.5 Å². The first-order valence-corrected chi connectivity index (χ1v) is 10.3. The molecular formula is C20H19N3OS2. The second kappa shape index (κ2) is 7.51. The average molecular weight is 382 g/mol. The van der Waals surface area contributed by atoms with Crippen LogP contribution in [0.2, 0.25) is 0 Å². The van der Waals surface area contributed by atoms with Crippen LogP contribution < -0.4 is 0 Å². The third-order valence-corrected chi connectivity index (χ3v) is 6.37. The van der Waals surface area contributed by atoms with Gasteiger partial charge >= 0.3 is 0 Å². The van der Waals surface area contributed by atoms with Gasteiger partial charge in [0.15, 0.2) is 0 Å². The van der Waals surface area contributed by atoms with Crippen molar-refractivity contribution in [2.24, 2.45) is 0 Å². The first-order chi connectivity index (χ1) is 12.7. The van der Waals surface area contributed by atoms with Crippen molar-refractivity contribution in [3.63, 3.8) is 0 Å². The van der Waals surface area contributed by atoms with Gasteiger partial charge in [-0.15, -0.1) is 22.7 Å². The molecule has 0 aliphatic carbocycles. The Morgan fingerprint density at radius 2 is 1.50 bits per heavy atom. The number of benzene rings is 2. The van der Waals surface area contributed by atoms with E-state index in [2.05, 4.69) is 22.1 Å². The molecule has 2 aromatic heterocycles. The van der Waals surface area contributed by atoms with Crippen LogP contribution in [0.1, 0.15) is 22.9 Å². The van der Waals surface area contributed by atoms with E-state index in [0.29, 0.717) is 13.0 Å². The Bertz CT molecular complexity index is 987. The topological polar surface area (TPSA) is 46.1 Å². The molecule has 4 nitrogen and oxygen atoms in total. The van der Waals surface area contributed by atoms with Gasteiger partial charge < -0.3 is 4.90 Å². The SMILES string of the molecule is CN(Cc1nc2ccccc2s1)C(=O)CCCc1nc2ccccc2s1. The Hall–Kier alpha value is -2.31. The quantitative estimate of drug-likeness (QED) is 0.478. The van der Waals surface area contributed by atoms with E-state index in [4.69, 9.17) is 0 Å². The van der Waals surface area contributed by atoms with Crippen LogP contribution in [0.4, 0.5) is 0 Å². The molecule has 0 bridgehead atoms. The van der Waals surface area contributed by atoms with Gasteiger partial charge in [-0.05, 0) is 37.1 Å². The van der Waals surface area contributed by atoms with E-state index in [1.807, 2.05) is 43.4 Å². The number of carbonyl (C=O) groups excluding carboxylic acids is 1. The molecule has 0 aliphatic heterocycles. The monoisotopic (exact) mass is 381 g/mol. The molecule has 2 aromatic carbocycles. The van der Waals surface area contributed by atoms with E-state index in [1.54, 1.807) is 27.6 Å². The molecule has 0 spiro atoms. The van der Waals surface area contributed by atoms with Gasteiger partial charge in [0.1, 0.15) is 5.01 Å². The highest BCUT2D eigenvalue weighted by molar-refractivity contribution is 7.18. The highest BCUT2D eigenvalue weighted by Gasteiger charge is 2.12. The fourth-order valence-electron chi connectivity index (χ4n) is 2.89. The summed E-state index contributed by atoms with van der Waals surface area (Å²) in [6, 6.07) is 16.2. The van der Waals surface area contributed by atoms with Gasteiger partial charge in [-0.3, -0.25) is 4.79 Å². The fourth-order valence-corrected chi connectivity index (χ4v) is 4.92. The highest BCUT2D eigenvalue weighted by atomic mass is 32.1. The summed E-state index contributed by atoms with van der Waals surface area (Å²) in [5.41, 5.74) is 2.05. The molecule has 0 N–H and O–H groups in total. The zero-order valence-corrected chi connectivity index (χ0v) is 16.1. The number of aryl methyl sites for hydroxylation is 1. The smallest absolute Gasteiger partial charge is 0.222 e. The van der Waals surface area contributed by atoms with Gasteiger partial charge in [0.05, 0.1) is 32.0 Å². The molecule has 0 fully saturated rings. The third-order valence-electron chi connectivity index (χ3n) is 4.26. The lowest BCUT2D eigenvalue weighted by molar-refractivity contribution is -0.130. The minimum atomic E-state index is 0.158. The number of hydrogen-bond acceptors (Lipinski definition) is 5. The van der Waals surface area contributed by atoms with Crippen molar-refractivity contribution in [1.29, 1.82) is 0 Å². The molecule has 6 heteroatoms. The summed E-state index contributed by atoms with van der Waals surface area (Å²) >= 11 is 3.37. The van der Waals surface area contributed by atoms with Crippen molar-refractivity contribution in [2.45, 2.75) is 25.8 Å². The first-order valence-electron chi connectivity index (χ1n) is 8.62. The maximum absolute atomic E-state index is 12.4. The van der Waals surface area contributed by atoms with Gasteiger partial charge in [-0.1, -0.05) is 24.3 Å². The van der Waals surface area contributed by atoms with Crippen LogP contribution in [0.25, 0.3) is 20.4 Å². The van der Waals surface area contributed by atoms with E-state index in [9.17, 15) is 4.79 Å². The molecule has 132 valence electrons. The molecule has 2 heterocycles. The Balaban J connectivity index is 1.31. The lowest BCUT2D eigenvalue weighted by atomic mass is 10.2. The van der Waals surface area contributed by atoms with Crippen LogP contribution in [0.15, 0.2) is 48.5 Å². The largest absolute Gasteiger partial charge is 0.339 e. The molecule has 0 saturated heterocycles. The van der Waals surface area contributed by atoms with Crippen LogP contribution in [0.3, 0.4) is 0 Å². The van der Waals surface area contributed by atoms with E-state index in [1.165, 1.54) is 9.40 Å². The summed E-state index contributed by atoms with van der Waals surface area (Å²) in [5.74, 6) is 0.158. The van der Waals surface area contributed by atoms with E-state index in [0.717, 1.165) is 33.9 Å². The van der Waals surface area contributed by atoms with Gasteiger partial charge in [0.25, 0.3) is 0 Å². The molecule has 4 rings (SSSR count). The Morgan fingerprint density at radius 1 is 0.923 bits per heavy atom. The number of amides is 1. The number of hydrogen-bond donors (Lipinski definition) is 0. The fraction of sp³-hybridized carbons (Fsp3) is 0.250. The van der Waals surface area contributed by atoms with Crippen LogP contribution >= 0.6 is 22.7 Å². The van der Waals surface area contributed by atoms with E-state index in [-0.39, 0.29) is 5.91 Å². The first kappa shape index (κ1) is 17.1. The highest BCUT2D eigenvalue weighted by Crippen LogP contribution is 2.24. The molecule has 1 amide bonds. The van der Waals surface area contributed by atoms with Crippen LogP contribution in [0.5, 0.6) is 0 Å². The lowest BCUT2D eigenvalue weighted by Gasteiger charge is -2.15. The Kier molecular flexibility index (Phi) is 4.95. The summed E-state index contributed by atoms with van der Waals surface area (Å²) in [4.78, 5) is 23.4. The number of aromatic nitrogens is 2. The standard InChI is InChI=1S/C20H19N3OS2/c1-23(13-19-22-15-8-3-5-10-17(15)26-19)20(24)12-6-11-18-21-14-7-2-4-9-16(14)25-18/h2-5,7-10H,6,11-13H2,1H3. The predicted molar refractivity (Wildman–Crippen MR) is 109 cm³/mol. The number of carbonyl (C=O) groups is 1. The molecular weight excluding hydrogens is 362 g/mol. The molecule has 4 aromatic rings. The van der Waals surface area contributed by atoms with Crippen molar-refractivity contribution in [3.05, 3.63) is 58.5 Å². The van der Waals surface area contributed by atoms with Gasteiger partial charge in [-0.2, -0.15) is 0 Å². The minimum absolute atomic E-state index is 0.158. The minimum Gasteiger partial charge on any atom is -0.339 e. The van der Waals surface area contributed by atoms with Crippen molar-refractivity contribution in [1.82, 2.24) is 14.9 Å². The summed E-state index contributed by atoms with van der Waals surface area (Å²) in [5, 5.41) is 2.08. The number of fused-ring (bicyclic) bond motifs is 2. The van der Waals surface area contributed by atoms with Crippen molar-refractivity contribution in [3.8, 4) is 0 Å². The molecule has 26 heavy (non-hydrogen) atoms. The molecule has 0 aliphatic rings. The maximum Gasteiger partial charge on any atom is 0.222 e. The third kappa shape index (κ3) is 3.76. The molecule has 0 saturated carbocycles. The van der Waals surface area contributed by atoms with Crippen molar-refractivity contribution >= 4 is 49.0 Å².